The molecule has 2 N–H and O–H groups in total. The van der Waals surface area contributed by atoms with Gasteiger partial charge in [-0.15, -0.1) is 6.58 Å². The molecule has 5 unspecified atom stereocenters. The number of likely N-dealkylation sites (tertiary alicyclic amines) is 1. The number of hydrogen-bond acceptors (Lipinski definition) is 4. The van der Waals surface area contributed by atoms with E-state index in [2.05, 4.69) is 17.6 Å². The maximum absolute atomic E-state index is 10.7. The van der Waals surface area contributed by atoms with Crippen molar-refractivity contribution in [1.29, 1.82) is 0 Å². The third kappa shape index (κ3) is 1.60. The minimum atomic E-state index is -0.626. The van der Waals surface area contributed by atoms with Gasteiger partial charge in [-0.05, 0) is 43.4 Å². The van der Waals surface area contributed by atoms with E-state index in [-0.39, 0.29) is 17.3 Å². The minimum Gasteiger partial charge on any atom is -0.504 e. The first-order chi connectivity index (χ1) is 11.7. The molecule has 1 aromatic carbocycles. The van der Waals surface area contributed by atoms with E-state index >= 15 is 0 Å². The summed E-state index contributed by atoms with van der Waals surface area (Å²) in [7, 11) is 0. The van der Waals surface area contributed by atoms with Crippen LogP contribution in [0.5, 0.6) is 11.5 Å². The van der Waals surface area contributed by atoms with E-state index in [4.69, 9.17) is 4.74 Å². The molecule has 126 valence electrons. The largest absolute Gasteiger partial charge is 0.504 e. The zero-order valence-electron chi connectivity index (χ0n) is 13.7. The standard InChI is InChI=1S/C20H23NO3/c1-2-9-21-10-8-20-13-4-3-5-16(23)19(20)24-18-15(22)7-6-12(17(18)20)11-14(13)21/h2-3,5-7,13-14,16,19,22-23H,1,4,8-11H2. The number of aromatic hydroxyl groups is 1. The van der Waals surface area contributed by atoms with E-state index in [0.29, 0.717) is 17.7 Å². The van der Waals surface area contributed by atoms with Crippen molar-refractivity contribution in [3.8, 4) is 11.5 Å². The van der Waals surface area contributed by atoms with Crippen molar-refractivity contribution in [3.63, 3.8) is 0 Å². The average molecular weight is 325 g/mol. The summed E-state index contributed by atoms with van der Waals surface area (Å²) < 4.78 is 6.21. The van der Waals surface area contributed by atoms with Crippen LogP contribution in [0, 0.1) is 5.92 Å². The Balaban J connectivity index is 1.75. The second-order valence-electron chi connectivity index (χ2n) is 7.59. The van der Waals surface area contributed by atoms with Crippen LogP contribution in [0.25, 0.3) is 0 Å². The van der Waals surface area contributed by atoms with Crippen LogP contribution >= 0.6 is 0 Å². The van der Waals surface area contributed by atoms with E-state index in [0.717, 1.165) is 32.4 Å². The highest BCUT2D eigenvalue weighted by atomic mass is 16.5. The molecule has 1 saturated heterocycles. The molecule has 5 rings (SSSR count). The molecule has 5 atom stereocenters. The number of aliphatic hydroxyl groups is 1. The Hall–Kier alpha value is -1.78. The number of benzene rings is 1. The van der Waals surface area contributed by atoms with Gasteiger partial charge in [-0.3, -0.25) is 4.90 Å². The number of phenolic OH excluding ortho intramolecular Hbond substituents is 1. The summed E-state index contributed by atoms with van der Waals surface area (Å²) >= 11 is 0. The molecule has 1 aromatic rings. The van der Waals surface area contributed by atoms with Gasteiger partial charge in [-0.1, -0.05) is 24.3 Å². The van der Waals surface area contributed by atoms with Gasteiger partial charge in [0.1, 0.15) is 12.2 Å². The summed E-state index contributed by atoms with van der Waals surface area (Å²) in [4.78, 5) is 2.53. The summed E-state index contributed by atoms with van der Waals surface area (Å²) in [6, 6.07) is 4.22. The molecular formula is C20H23NO3. The smallest absolute Gasteiger partial charge is 0.165 e. The summed E-state index contributed by atoms with van der Waals surface area (Å²) in [6.07, 6.45) is 7.95. The van der Waals surface area contributed by atoms with Crippen molar-refractivity contribution in [3.05, 3.63) is 48.1 Å². The zero-order valence-corrected chi connectivity index (χ0v) is 13.7. The Labute approximate surface area is 142 Å². The molecule has 2 aliphatic heterocycles. The van der Waals surface area contributed by atoms with Crippen molar-refractivity contribution in [2.24, 2.45) is 5.92 Å². The quantitative estimate of drug-likeness (QED) is 0.818. The molecule has 24 heavy (non-hydrogen) atoms. The number of aliphatic hydroxyl groups excluding tert-OH is 1. The second-order valence-corrected chi connectivity index (χ2v) is 7.59. The van der Waals surface area contributed by atoms with Gasteiger partial charge in [0, 0.05) is 23.6 Å². The van der Waals surface area contributed by atoms with Crippen molar-refractivity contribution in [2.45, 2.75) is 42.9 Å². The first-order valence-electron chi connectivity index (χ1n) is 8.88. The van der Waals surface area contributed by atoms with E-state index < -0.39 is 6.10 Å². The average Bonchev–Trinajstić information content (AvgIpc) is 2.84. The molecule has 2 bridgehead atoms. The highest BCUT2D eigenvalue weighted by Gasteiger charge is 2.63. The highest BCUT2D eigenvalue weighted by Crippen LogP contribution is 2.62. The van der Waals surface area contributed by atoms with Crippen LogP contribution in [0.4, 0.5) is 0 Å². The number of hydrogen-bond donors (Lipinski definition) is 2. The lowest BCUT2D eigenvalue weighted by molar-refractivity contribution is -0.0492. The van der Waals surface area contributed by atoms with Crippen LogP contribution in [-0.2, 0) is 11.8 Å². The van der Waals surface area contributed by atoms with Crippen molar-refractivity contribution < 1.29 is 14.9 Å². The Morgan fingerprint density at radius 1 is 1.42 bits per heavy atom. The molecule has 0 amide bonds. The van der Waals surface area contributed by atoms with E-state index in [1.54, 1.807) is 6.07 Å². The van der Waals surface area contributed by atoms with Gasteiger partial charge in [-0.25, -0.2) is 0 Å². The molecule has 2 aliphatic carbocycles. The highest BCUT2D eigenvalue weighted by molar-refractivity contribution is 5.60. The summed E-state index contributed by atoms with van der Waals surface area (Å²) in [5.74, 6) is 1.23. The predicted molar refractivity (Wildman–Crippen MR) is 91.3 cm³/mol. The molecule has 4 nitrogen and oxygen atoms in total. The molecule has 1 fully saturated rings. The van der Waals surface area contributed by atoms with Gasteiger partial charge in [0.15, 0.2) is 11.5 Å². The second kappa shape index (κ2) is 4.87. The number of phenols is 1. The fourth-order valence-electron chi connectivity index (χ4n) is 5.82. The van der Waals surface area contributed by atoms with Gasteiger partial charge in [0.05, 0.1) is 0 Å². The summed E-state index contributed by atoms with van der Waals surface area (Å²) in [6.45, 7) is 5.80. The fourth-order valence-corrected chi connectivity index (χ4v) is 5.82. The van der Waals surface area contributed by atoms with Crippen molar-refractivity contribution in [1.82, 2.24) is 4.90 Å². The Morgan fingerprint density at radius 2 is 2.29 bits per heavy atom. The van der Waals surface area contributed by atoms with E-state index in [1.807, 2.05) is 18.2 Å². The van der Waals surface area contributed by atoms with Gasteiger partial charge >= 0.3 is 0 Å². The Kier molecular flexibility index (Phi) is 2.95. The fraction of sp³-hybridized carbons (Fsp3) is 0.500. The first kappa shape index (κ1) is 14.6. The summed E-state index contributed by atoms with van der Waals surface area (Å²) in [5.41, 5.74) is 2.26. The third-order valence-electron chi connectivity index (χ3n) is 6.68. The molecule has 0 radical (unpaired) electrons. The van der Waals surface area contributed by atoms with Crippen molar-refractivity contribution in [2.75, 3.05) is 13.1 Å². The molecule has 4 aliphatic rings. The topological polar surface area (TPSA) is 52.9 Å². The van der Waals surface area contributed by atoms with E-state index in [9.17, 15) is 10.2 Å². The lowest BCUT2D eigenvalue weighted by Gasteiger charge is -2.55. The predicted octanol–water partition coefficient (Wildman–Crippen LogP) is 2.14. The molecule has 1 spiro atoms. The maximum atomic E-state index is 10.7. The number of rotatable bonds is 2. The molecule has 2 heterocycles. The minimum absolute atomic E-state index is 0.188. The van der Waals surface area contributed by atoms with Gasteiger partial charge in [-0.2, -0.15) is 0 Å². The number of allylic oxidation sites excluding steroid dienone is 1. The van der Waals surface area contributed by atoms with Crippen molar-refractivity contribution >= 4 is 0 Å². The van der Waals surface area contributed by atoms with Gasteiger partial charge in [0.2, 0.25) is 0 Å². The summed E-state index contributed by atoms with van der Waals surface area (Å²) in [5, 5.41) is 21.1. The maximum Gasteiger partial charge on any atom is 0.165 e. The number of piperidine rings is 1. The van der Waals surface area contributed by atoms with Gasteiger partial charge < -0.3 is 14.9 Å². The number of ether oxygens (including phenoxy) is 1. The van der Waals surface area contributed by atoms with Crippen LogP contribution < -0.4 is 4.74 Å². The normalized spacial score (nSPS) is 39.0. The SMILES string of the molecule is C=CCN1CCC23c4c5ccc(O)c4OC2C(O)C=CCC3C1C5. The third-order valence-corrected chi connectivity index (χ3v) is 6.68. The number of nitrogens with zero attached hydrogens (tertiary/aromatic N) is 1. The van der Waals surface area contributed by atoms with E-state index in [1.165, 1.54) is 11.1 Å². The first-order valence-corrected chi connectivity index (χ1v) is 8.88. The van der Waals surface area contributed by atoms with Crippen LogP contribution in [0.15, 0.2) is 36.9 Å². The zero-order chi connectivity index (χ0) is 16.5. The Bertz CT molecular complexity index is 743. The lowest BCUT2D eigenvalue weighted by Crippen LogP contribution is -2.63. The van der Waals surface area contributed by atoms with Crippen LogP contribution in [0.3, 0.4) is 0 Å². The molecular weight excluding hydrogens is 302 g/mol. The molecule has 0 aromatic heterocycles. The van der Waals surface area contributed by atoms with Crippen LogP contribution in [-0.4, -0.2) is 46.5 Å². The van der Waals surface area contributed by atoms with Gasteiger partial charge in [0.25, 0.3) is 0 Å². The lowest BCUT2D eigenvalue weighted by atomic mass is 9.55. The van der Waals surface area contributed by atoms with Crippen LogP contribution in [0.1, 0.15) is 24.0 Å². The monoisotopic (exact) mass is 325 g/mol. The molecule has 4 heteroatoms. The Morgan fingerprint density at radius 3 is 3.12 bits per heavy atom. The van der Waals surface area contributed by atoms with Crippen LogP contribution in [0.2, 0.25) is 0 Å². The molecule has 0 saturated carbocycles.